The Balaban J connectivity index is 0.00000180. The molecule has 2 aliphatic heterocycles. The molecule has 2 heterocycles. The summed E-state index contributed by atoms with van der Waals surface area (Å²) < 4.78 is 0. The second kappa shape index (κ2) is 8.42. The first-order valence-electron chi connectivity index (χ1n) is 7.37. The molecular weight excluding hydrogens is 297 g/mol. The molecule has 0 saturated carbocycles. The van der Waals surface area contributed by atoms with E-state index in [2.05, 4.69) is 35.9 Å². The molecule has 0 bridgehead atoms. The summed E-state index contributed by atoms with van der Waals surface area (Å²) in [7, 11) is 0. The van der Waals surface area contributed by atoms with Crippen LogP contribution in [0.1, 0.15) is 40.0 Å². The van der Waals surface area contributed by atoms with Crippen molar-refractivity contribution in [1.29, 1.82) is 0 Å². The van der Waals surface area contributed by atoms with E-state index in [0.717, 1.165) is 52.0 Å². The molecule has 1 N–H and O–H groups in total. The highest BCUT2D eigenvalue weighted by Crippen LogP contribution is 2.26. The fraction of sp³-hybridized carbons (Fsp3) is 0.929. The maximum absolute atomic E-state index is 12.7. The van der Waals surface area contributed by atoms with Crippen LogP contribution in [0.4, 0.5) is 0 Å². The molecule has 1 unspecified atom stereocenters. The zero-order valence-electron chi connectivity index (χ0n) is 12.9. The third-order valence-electron chi connectivity index (χ3n) is 4.59. The average molecular weight is 326 g/mol. The Kier molecular flexibility index (Phi) is 8.41. The molecular formula is C14H29Cl2N3O. The second-order valence-corrected chi connectivity index (χ2v) is 5.89. The number of amides is 1. The number of carbonyl (C=O) groups is 1. The summed E-state index contributed by atoms with van der Waals surface area (Å²) >= 11 is 0. The van der Waals surface area contributed by atoms with Crippen LogP contribution in [0.15, 0.2) is 0 Å². The van der Waals surface area contributed by atoms with Gasteiger partial charge in [0.25, 0.3) is 0 Å². The zero-order valence-corrected chi connectivity index (χ0v) is 14.5. The number of nitrogens with one attached hydrogen (secondary N) is 1. The summed E-state index contributed by atoms with van der Waals surface area (Å²) in [4.78, 5) is 17.2. The van der Waals surface area contributed by atoms with Crippen molar-refractivity contribution in [1.82, 2.24) is 15.1 Å². The molecule has 0 aromatic heterocycles. The van der Waals surface area contributed by atoms with E-state index < -0.39 is 0 Å². The van der Waals surface area contributed by atoms with Crippen molar-refractivity contribution in [2.24, 2.45) is 0 Å². The summed E-state index contributed by atoms with van der Waals surface area (Å²) in [6.45, 7) is 11.4. The van der Waals surface area contributed by atoms with Crippen LogP contribution in [0.25, 0.3) is 0 Å². The van der Waals surface area contributed by atoms with Gasteiger partial charge in [-0.05, 0) is 39.7 Å². The molecule has 2 aliphatic rings. The topological polar surface area (TPSA) is 35.6 Å². The third-order valence-corrected chi connectivity index (χ3v) is 4.59. The fourth-order valence-electron chi connectivity index (χ4n) is 3.19. The van der Waals surface area contributed by atoms with Gasteiger partial charge in [0.05, 0.1) is 5.54 Å². The van der Waals surface area contributed by atoms with Crippen molar-refractivity contribution >= 4 is 30.7 Å². The van der Waals surface area contributed by atoms with E-state index in [-0.39, 0.29) is 30.4 Å². The van der Waals surface area contributed by atoms with Gasteiger partial charge < -0.3 is 10.2 Å². The fourth-order valence-corrected chi connectivity index (χ4v) is 3.19. The Morgan fingerprint density at radius 3 is 2.20 bits per heavy atom. The lowest BCUT2D eigenvalue weighted by atomic mass is 9.92. The van der Waals surface area contributed by atoms with E-state index >= 15 is 0 Å². The molecule has 120 valence electrons. The second-order valence-electron chi connectivity index (χ2n) is 5.89. The molecule has 0 aromatic rings. The van der Waals surface area contributed by atoms with Gasteiger partial charge in [0.15, 0.2) is 0 Å². The standard InChI is InChI=1S/C14H27N3O.2ClH/c1-4-14(6-5-7-15-14)13(18)17-10-8-16(9-11-17)12(2)3;;/h12,15H,4-11H2,1-3H3;2*1H. The van der Waals surface area contributed by atoms with Gasteiger partial charge in [-0.15, -0.1) is 24.8 Å². The van der Waals surface area contributed by atoms with Gasteiger partial charge in [0.2, 0.25) is 5.91 Å². The number of carbonyl (C=O) groups excluding carboxylic acids is 1. The van der Waals surface area contributed by atoms with Crippen LogP contribution in [0.2, 0.25) is 0 Å². The first-order chi connectivity index (χ1) is 8.59. The predicted octanol–water partition coefficient (Wildman–Crippen LogP) is 1.91. The minimum absolute atomic E-state index is 0. The molecule has 6 heteroatoms. The van der Waals surface area contributed by atoms with Crippen LogP contribution in [0.5, 0.6) is 0 Å². The highest BCUT2D eigenvalue weighted by molar-refractivity contribution is 5.87. The molecule has 2 fully saturated rings. The molecule has 0 aliphatic carbocycles. The van der Waals surface area contributed by atoms with Crippen LogP contribution < -0.4 is 5.32 Å². The van der Waals surface area contributed by atoms with Crippen molar-refractivity contribution in [2.75, 3.05) is 32.7 Å². The van der Waals surface area contributed by atoms with Crippen LogP contribution in [-0.4, -0.2) is 60.0 Å². The Morgan fingerprint density at radius 1 is 1.20 bits per heavy atom. The monoisotopic (exact) mass is 325 g/mol. The molecule has 1 amide bonds. The normalized spacial score (nSPS) is 27.1. The summed E-state index contributed by atoms with van der Waals surface area (Å²) in [6, 6.07) is 0.590. The van der Waals surface area contributed by atoms with Gasteiger partial charge in [0, 0.05) is 32.2 Å². The van der Waals surface area contributed by atoms with Crippen LogP contribution in [0, 0.1) is 0 Å². The van der Waals surface area contributed by atoms with Gasteiger partial charge in [-0.1, -0.05) is 6.92 Å². The number of nitrogens with zero attached hydrogens (tertiary/aromatic N) is 2. The van der Waals surface area contributed by atoms with Gasteiger partial charge in [0.1, 0.15) is 0 Å². The van der Waals surface area contributed by atoms with E-state index in [0.29, 0.717) is 11.9 Å². The van der Waals surface area contributed by atoms with Crippen LogP contribution in [0.3, 0.4) is 0 Å². The number of halogens is 2. The third kappa shape index (κ3) is 4.00. The van der Waals surface area contributed by atoms with Gasteiger partial charge in [-0.3, -0.25) is 9.69 Å². The molecule has 2 rings (SSSR count). The number of piperazine rings is 1. The Bertz CT molecular complexity index is 299. The molecule has 0 aromatic carbocycles. The van der Waals surface area contributed by atoms with Gasteiger partial charge in [-0.2, -0.15) is 0 Å². The van der Waals surface area contributed by atoms with Gasteiger partial charge >= 0.3 is 0 Å². The summed E-state index contributed by atoms with van der Waals surface area (Å²) in [5, 5.41) is 3.45. The minimum atomic E-state index is -0.250. The lowest BCUT2D eigenvalue weighted by molar-refractivity contribution is -0.140. The van der Waals surface area contributed by atoms with Crippen molar-refractivity contribution in [3.05, 3.63) is 0 Å². The van der Waals surface area contributed by atoms with Crippen molar-refractivity contribution in [2.45, 2.75) is 51.6 Å². The summed E-state index contributed by atoms with van der Waals surface area (Å²) in [6.07, 6.45) is 3.05. The van der Waals surface area contributed by atoms with Crippen molar-refractivity contribution in [3.8, 4) is 0 Å². The maximum atomic E-state index is 12.7. The highest BCUT2D eigenvalue weighted by atomic mass is 35.5. The van der Waals surface area contributed by atoms with E-state index in [4.69, 9.17) is 0 Å². The van der Waals surface area contributed by atoms with E-state index in [1.54, 1.807) is 0 Å². The van der Waals surface area contributed by atoms with Crippen LogP contribution >= 0.6 is 24.8 Å². The van der Waals surface area contributed by atoms with E-state index in [1.165, 1.54) is 0 Å². The maximum Gasteiger partial charge on any atom is 0.242 e. The molecule has 4 nitrogen and oxygen atoms in total. The van der Waals surface area contributed by atoms with E-state index in [1.807, 2.05) is 0 Å². The Labute approximate surface area is 135 Å². The summed E-state index contributed by atoms with van der Waals surface area (Å²) in [5.41, 5.74) is -0.250. The summed E-state index contributed by atoms with van der Waals surface area (Å²) in [5.74, 6) is 0.339. The predicted molar refractivity (Wildman–Crippen MR) is 88.0 cm³/mol. The smallest absolute Gasteiger partial charge is 0.242 e. The molecule has 2 saturated heterocycles. The number of hydrogen-bond donors (Lipinski definition) is 1. The van der Waals surface area contributed by atoms with Gasteiger partial charge in [-0.25, -0.2) is 0 Å². The largest absolute Gasteiger partial charge is 0.339 e. The number of hydrogen-bond acceptors (Lipinski definition) is 3. The first kappa shape index (κ1) is 20.0. The zero-order chi connectivity index (χ0) is 13.2. The minimum Gasteiger partial charge on any atom is -0.339 e. The van der Waals surface area contributed by atoms with Crippen LogP contribution in [-0.2, 0) is 4.79 Å². The molecule has 0 spiro atoms. The Morgan fingerprint density at radius 2 is 1.80 bits per heavy atom. The van der Waals surface area contributed by atoms with E-state index in [9.17, 15) is 4.79 Å². The van der Waals surface area contributed by atoms with Crippen molar-refractivity contribution in [3.63, 3.8) is 0 Å². The molecule has 20 heavy (non-hydrogen) atoms. The lowest BCUT2D eigenvalue weighted by Crippen LogP contribution is -2.59. The molecule has 1 atom stereocenters. The lowest BCUT2D eigenvalue weighted by Gasteiger charge is -2.40. The average Bonchev–Trinajstić information content (AvgIpc) is 2.88. The molecule has 0 radical (unpaired) electrons. The highest BCUT2D eigenvalue weighted by Gasteiger charge is 2.42. The SMILES string of the molecule is CCC1(C(=O)N2CCN(C(C)C)CC2)CCCN1.Cl.Cl. The number of rotatable bonds is 3. The first-order valence-corrected chi connectivity index (χ1v) is 7.37. The van der Waals surface area contributed by atoms with Crippen molar-refractivity contribution < 1.29 is 4.79 Å². The Hall–Kier alpha value is -0.0300. The quantitative estimate of drug-likeness (QED) is 0.861.